The van der Waals surface area contributed by atoms with Crippen LogP contribution in [0.15, 0.2) is 0 Å². The second-order valence-corrected chi connectivity index (χ2v) is 19.7. The van der Waals surface area contributed by atoms with Crippen molar-refractivity contribution in [3.63, 3.8) is 0 Å². The second-order valence-electron chi connectivity index (χ2n) is 19.7. The fraction of sp³-hybridized carbons (Fsp3) is 0.944. The molecule has 0 fully saturated rings. The standard InChI is InChI=1S/C54H104O6/c1-7-50(6)42-36-30-24-18-13-14-20-27-33-39-45-54(57)60-51(47-59-53(56)44-38-32-26-21-15-17-23-29-35-41-49(4)5)46-58-52(55)43-37-31-25-19-12-10-8-9-11-16-22-28-34-40-48(2)3/h48-51H,7-47H2,1-6H3/t50?,51-/m0/s1. The van der Waals surface area contributed by atoms with Crippen molar-refractivity contribution in [1.82, 2.24) is 0 Å². The summed E-state index contributed by atoms with van der Waals surface area (Å²) in [5, 5.41) is 0. The van der Waals surface area contributed by atoms with Gasteiger partial charge in [0.1, 0.15) is 13.2 Å². The van der Waals surface area contributed by atoms with Gasteiger partial charge in [0.15, 0.2) is 6.10 Å². The highest BCUT2D eigenvalue weighted by Crippen LogP contribution is 2.18. The summed E-state index contributed by atoms with van der Waals surface area (Å²) in [6.45, 7) is 13.7. The Morgan fingerprint density at radius 1 is 0.333 bits per heavy atom. The van der Waals surface area contributed by atoms with Crippen molar-refractivity contribution in [1.29, 1.82) is 0 Å². The lowest BCUT2D eigenvalue weighted by Crippen LogP contribution is -2.30. The van der Waals surface area contributed by atoms with Crippen LogP contribution in [0, 0.1) is 17.8 Å². The molecule has 0 amide bonds. The molecule has 6 heteroatoms. The number of rotatable bonds is 47. The van der Waals surface area contributed by atoms with Gasteiger partial charge in [-0.1, -0.05) is 253 Å². The van der Waals surface area contributed by atoms with Gasteiger partial charge in [0.05, 0.1) is 0 Å². The van der Waals surface area contributed by atoms with Gasteiger partial charge in [-0.25, -0.2) is 0 Å². The van der Waals surface area contributed by atoms with E-state index in [4.69, 9.17) is 14.2 Å². The molecule has 0 spiro atoms. The Bertz CT molecular complexity index is 931. The van der Waals surface area contributed by atoms with Crippen molar-refractivity contribution in [3.05, 3.63) is 0 Å². The first-order valence-corrected chi connectivity index (χ1v) is 26.6. The van der Waals surface area contributed by atoms with Crippen molar-refractivity contribution in [2.75, 3.05) is 13.2 Å². The van der Waals surface area contributed by atoms with Crippen LogP contribution in [-0.4, -0.2) is 37.2 Å². The molecule has 0 bridgehead atoms. The molecule has 356 valence electrons. The highest BCUT2D eigenvalue weighted by atomic mass is 16.6. The van der Waals surface area contributed by atoms with E-state index in [1.165, 1.54) is 173 Å². The topological polar surface area (TPSA) is 78.9 Å². The SMILES string of the molecule is CCC(C)CCCCCCCCCCCCC(=O)O[C@@H](COC(=O)CCCCCCCCCCCCCCCC(C)C)COC(=O)CCCCCCCCCCCC(C)C. The molecular formula is C54H104O6. The number of hydrogen-bond acceptors (Lipinski definition) is 6. The normalized spacial score (nSPS) is 12.6. The van der Waals surface area contributed by atoms with Gasteiger partial charge in [0.25, 0.3) is 0 Å². The molecule has 0 N–H and O–H groups in total. The Morgan fingerprint density at radius 3 is 0.867 bits per heavy atom. The highest BCUT2D eigenvalue weighted by molar-refractivity contribution is 5.71. The molecule has 0 aromatic rings. The van der Waals surface area contributed by atoms with Gasteiger partial charge in [-0.3, -0.25) is 14.4 Å². The highest BCUT2D eigenvalue weighted by Gasteiger charge is 2.19. The minimum absolute atomic E-state index is 0.0646. The molecule has 2 atom stereocenters. The predicted octanol–water partition coefficient (Wildman–Crippen LogP) is 17.2. The summed E-state index contributed by atoms with van der Waals surface area (Å²) in [4.78, 5) is 38.0. The van der Waals surface area contributed by atoms with E-state index >= 15 is 0 Å². The molecule has 0 aliphatic heterocycles. The van der Waals surface area contributed by atoms with Crippen LogP contribution in [0.1, 0.15) is 292 Å². The smallest absolute Gasteiger partial charge is 0.306 e. The van der Waals surface area contributed by atoms with Crippen LogP contribution in [0.3, 0.4) is 0 Å². The largest absolute Gasteiger partial charge is 0.462 e. The van der Waals surface area contributed by atoms with E-state index in [0.29, 0.717) is 19.3 Å². The summed E-state index contributed by atoms with van der Waals surface area (Å²) in [6.07, 6.45) is 45.1. The molecule has 6 nitrogen and oxygen atoms in total. The van der Waals surface area contributed by atoms with E-state index in [9.17, 15) is 14.4 Å². The Hall–Kier alpha value is -1.59. The third-order valence-electron chi connectivity index (χ3n) is 12.5. The number of esters is 3. The lowest BCUT2D eigenvalue weighted by Gasteiger charge is -2.18. The van der Waals surface area contributed by atoms with E-state index in [1.807, 2.05) is 0 Å². The molecule has 0 aromatic carbocycles. The Labute approximate surface area is 374 Å². The van der Waals surface area contributed by atoms with E-state index < -0.39 is 6.10 Å². The van der Waals surface area contributed by atoms with E-state index in [1.54, 1.807) is 0 Å². The zero-order valence-corrected chi connectivity index (χ0v) is 41.3. The van der Waals surface area contributed by atoms with Gasteiger partial charge in [-0.05, 0) is 37.0 Å². The van der Waals surface area contributed by atoms with Gasteiger partial charge < -0.3 is 14.2 Å². The van der Waals surface area contributed by atoms with Crippen LogP contribution < -0.4 is 0 Å². The summed E-state index contributed by atoms with van der Waals surface area (Å²) in [5.74, 6) is 1.66. The molecule has 0 aromatic heterocycles. The summed E-state index contributed by atoms with van der Waals surface area (Å²) in [7, 11) is 0. The minimum atomic E-state index is -0.763. The first kappa shape index (κ1) is 58.4. The predicted molar refractivity (Wildman–Crippen MR) is 256 cm³/mol. The second kappa shape index (κ2) is 45.4. The molecule has 60 heavy (non-hydrogen) atoms. The average Bonchev–Trinajstić information content (AvgIpc) is 3.22. The molecule has 0 heterocycles. The van der Waals surface area contributed by atoms with Gasteiger partial charge in [-0.2, -0.15) is 0 Å². The van der Waals surface area contributed by atoms with Crippen LogP contribution in [0.2, 0.25) is 0 Å². The van der Waals surface area contributed by atoms with Crippen LogP contribution in [-0.2, 0) is 28.6 Å². The van der Waals surface area contributed by atoms with Gasteiger partial charge >= 0.3 is 17.9 Å². The number of carbonyl (C=O) groups excluding carboxylic acids is 3. The summed E-state index contributed by atoms with van der Waals surface area (Å²) < 4.78 is 16.8. The van der Waals surface area contributed by atoms with Gasteiger partial charge in [-0.15, -0.1) is 0 Å². The molecule has 0 radical (unpaired) electrons. The fourth-order valence-electron chi connectivity index (χ4n) is 8.08. The monoisotopic (exact) mass is 849 g/mol. The number of hydrogen-bond donors (Lipinski definition) is 0. The quantitative estimate of drug-likeness (QED) is 0.0345. The maximum atomic E-state index is 12.8. The van der Waals surface area contributed by atoms with E-state index in [-0.39, 0.29) is 31.1 Å². The van der Waals surface area contributed by atoms with Crippen molar-refractivity contribution in [2.45, 2.75) is 298 Å². The van der Waals surface area contributed by atoms with Crippen LogP contribution in [0.25, 0.3) is 0 Å². The maximum Gasteiger partial charge on any atom is 0.306 e. The summed E-state index contributed by atoms with van der Waals surface area (Å²) >= 11 is 0. The lowest BCUT2D eigenvalue weighted by atomic mass is 9.99. The zero-order chi connectivity index (χ0) is 44.2. The molecule has 0 rings (SSSR count). The molecule has 0 aliphatic rings. The fourth-order valence-corrected chi connectivity index (χ4v) is 8.08. The number of carbonyl (C=O) groups is 3. The molecule has 1 unspecified atom stereocenters. The Balaban J connectivity index is 4.32. The van der Waals surface area contributed by atoms with Crippen molar-refractivity contribution in [2.24, 2.45) is 17.8 Å². The summed E-state index contributed by atoms with van der Waals surface area (Å²) in [5.41, 5.74) is 0. The molecule has 0 aliphatic carbocycles. The van der Waals surface area contributed by atoms with Crippen molar-refractivity contribution in [3.8, 4) is 0 Å². The van der Waals surface area contributed by atoms with Gasteiger partial charge in [0, 0.05) is 19.3 Å². The Kier molecular flexibility index (Phi) is 44.2. The Morgan fingerprint density at radius 2 is 0.583 bits per heavy atom. The minimum Gasteiger partial charge on any atom is -0.462 e. The first-order chi connectivity index (χ1) is 29.1. The van der Waals surface area contributed by atoms with Gasteiger partial charge in [0.2, 0.25) is 0 Å². The third kappa shape index (κ3) is 45.9. The molecule has 0 saturated heterocycles. The first-order valence-electron chi connectivity index (χ1n) is 26.6. The number of ether oxygens (including phenoxy) is 3. The van der Waals surface area contributed by atoms with E-state index in [0.717, 1.165) is 75.5 Å². The number of unbranched alkanes of at least 4 members (excludes halogenated alkanes) is 29. The van der Waals surface area contributed by atoms with Crippen LogP contribution >= 0.6 is 0 Å². The lowest BCUT2D eigenvalue weighted by molar-refractivity contribution is -0.167. The summed E-state index contributed by atoms with van der Waals surface area (Å²) in [6, 6.07) is 0. The maximum absolute atomic E-state index is 12.8. The third-order valence-corrected chi connectivity index (χ3v) is 12.5. The van der Waals surface area contributed by atoms with Crippen molar-refractivity contribution >= 4 is 17.9 Å². The van der Waals surface area contributed by atoms with Crippen LogP contribution in [0.5, 0.6) is 0 Å². The van der Waals surface area contributed by atoms with Crippen LogP contribution in [0.4, 0.5) is 0 Å². The van der Waals surface area contributed by atoms with Crippen molar-refractivity contribution < 1.29 is 28.6 Å². The average molecular weight is 849 g/mol. The van der Waals surface area contributed by atoms with E-state index in [2.05, 4.69) is 41.5 Å². The zero-order valence-electron chi connectivity index (χ0n) is 41.3. The molecule has 0 saturated carbocycles. The molecular weight excluding hydrogens is 745 g/mol.